The van der Waals surface area contributed by atoms with Gasteiger partial charge in [0, 0.05) is 25.7 Å². The van der Waals surface area contributed by atoms with E-state index in [4.69, 9.17) is 37.0 Å². The Balaban J connectivity index is 5.25. The Bertz CT molecular complexity index is 1810. The molecule has 0 aliphatic heterocycles. The van der Waals surface area contributed by atoms with Crippen molar-refractivity contribution in [3.63, 3.8) is 0 Å². The summed E-state index contributed by atoms with van der Waals surface area (Å²) in [6.45, 7) is 9.52. The van der Waals surface area contributed by atoms with E-state index >= 15 is 0 Å². The summed E-state index contributed by atoms with van der Waals surface area (Å²) in [7, 11) is -9.91. The summed E-state index contributed by atoms with van der Waals surface area (Å²) >= 11 is 0. The lowest BCUT2D eigenvalue weighted by atomic mass is 10.00. The molecular formula is C74H144O17P2. The molecule has 3 N–H and O–H groups in total. The Morgan fingerprint density at radius 1 is 0.312 bits per heavy atom. The molecule has 0 rings (SSSR count). The zero-order chi connectivity index (χ0) is 68.6. The van der Waals surface area contributed by atoms with Crippen LogP contribution in [0.5, 0.6) is 0 Å². The molecule has 0 fully saturated rings. The molecule has 0 aromatic carbocycles. The molecule has 3 unspecified atom stereocenters. The lowest BCUT2D eigenvalue weighted by Gasteiger charge is -2.21. The molecule has 0 saturated heterocycles. The average Bonchev–Trinajstić information content (AvgIpc) is 2.03. The molecule has 0 saturated carbocycles. The Labute approximate surface area is 568 Å². The molecule has 93 heavy (non-hydrogen) atoms. The fourth-order valence-corrected chi connectivity index (χ4v) is 12.8. The summed E-state index contributed by atoms with van der Waals surface area (Å²) in [5, 5.41) is 10.6. The Hall–Kier alpha value is -1.94. The standard InChI is InChI=1S/C74H144O17P2/c1-7-10-12-14-16-18-20-22-24-25-26-28-30-34-38-46-52-58-73(78)90-69(62-84-71(76)56-50-44-37-33-29-27-23-21-19-17-15-13-11-8-2)64-88-92(80,81)86-60-68(75)61-87-93(82,83)89-65-70(63-85-72(77)57-51-45-41-40-43-49-55-67(6)9-3)91-74(79)59-53-47-39-35-31-32-36-42-48-54-66(4)5/h66-70,75H,7-65H2,1-6H3,(H,80,81)(H,82,83)/t67?,68-,69-,70-/m1/s1. The van der Waals surface area contributed by atoms with Gasteiger partial charge in [0.2, 0.25) is 0 Å². The van der Waals surface area contributed by atoms with Crippen molar-refractivity contribution >= 4 is 39.5 Å². The van der Waals surface area contributed by atoms with Crippen LogP contribution < -0.4 is 0 Å². The Kier molecular flexibility index (Phi) is 64.6. The number of rotatable bonds is 73. The second-order valence-electron chi connectivity index (χ2n) is 27.4. The van der Waals surface area contributed by atoms with Crippen LogP contribution in [0.15, 0.2) is 0 Å². The summed E-state index contributed by atoms with van der Waals surface area (Å²) < 4.78 is 68.4. The molecule has 6 atom stereocenters. The highest BCUT2D eigenvalue weighted by Gasteiger charge is 2.30. The number of phosphoric ester groups is 2. The zero-order valence-electron chi connectivity index (χ0n) is 60.6. The number of unbranched alkanes of at least 4 members (excludes halogenated alkanes) is 42. The van der Waals surface area contributed by atoms with Crippen LogP contribution in [0.4, 0.5) is 0 Å². The van der Waals surface area contributed by atoms with Crippen molar-refractivity contribution in [1.29, 1.82) is 0 Å². The van der Waals surface area contributed by atoms with Gasteiger partial charge >= 0.3 is 39.5 Å². The van der Waals surface area contributed by atoms with Gasteiger partial charge in [-0.3, -0.25) is 37.3 Å². The molecule has 0 heterocycles. The summed E-state index contributed by atoms with van der Waals surface area (Å²) in [5.74, 6) is -0.651. The highest BCUT2D eigenvalue weighted by molar-refractivity contribution is 7.47. The number of phosphoric acid groups is 2. The number of carbonyl (C=O) groups is 4. The van der Waals surface area contributed by atoms with Crippen LogP contribution in [-0.4, -0.2) is 96.7 Å². The van der Waals surface area contributed by atoms with Crippen LogP contribution in [0.3, 0.4) is 0 Å². The first-order valence-corrected chi connectivity index (χ1v) is 41.5. The largest absolute Gasteiger partial charge is 0.472 e. The fraction of sp³-hybridized carbons (Fsp3) is 0.946. The van der Waals surface area contributed by atoms with Crippen molar-refractivity contribution in [2.45, 2.75) is 400 Å². The van der Waals surface area contributed by atoms with E-state index in [0.717, 1.165) is 108 Å². The van der Waals surface area contributed by atoms with Crippen LogP contribution in [0.25, 0.3) is 0 Å². The molecular weight excluding hydrogens is 1220 g/mol. The average molecular weight is 1370 g/mol. The molecule has 0 spiro atoms. The second-order valence-corrected chi connectivity index (χ2v) is 30.3. The monoisotopic (exact) mass is 1370 g/mol. The molecule has 17 nitrogen and oxygen atoms in total. The zero-order valence-corrected chi connectivity index (χ0v) is 62.3. The van der Waals surface area contributed by atoms with Crippen molar-refractivity contribution in [1.82, 2.24) is 0 Å². The SMILES string of the molecule is CCCCCCCCCCCCCCCCCCCC(=O)O[C@H](COC(=O)CCCCCCCCCCCCCCCC)COP(=O)(O)OC[C@@H](O)COP(=O)(O)OC[C@@H](COC(=O)CCCCCCCCC(C)CC)OC(=O)CCCCCCCCCCCC(C)C. The van der Waals surface area contributed by atoms with E-state index < -0.39 is 97.5 Å². The molecule has 19 heteroatoms. The second kappa shape index (κ2) is 66.0. The maximum atomic E-state index is 13.1. The quantitative estimate of drug-likeness (QED) is 0.0222. The molecule has 0 radical (unpaired) electrons. The molecule has 0 aromatic rings. The van der Waals surface area contributed by atoms with Gasteiger partial charge in [0.05, 0.1) is 26.4 Å². The molecule has 0 bridgehead atoms. The third-order valence-corrected chi connectivity index (χ3v) is 19.5. The van der Waals surface area contributed by atoms with Gasteiger partial charge in [0.1, 0.15) is 19.3 Å². The van der Waals surface area contributed by atoms with Crippen LogP contribution in [0.2, 0.25) is 0 Å². The van der Waals surface area contributed by atoms with Crippen molar-refractivity contribution < 1.29 is 80.2 Å². The first kappa shape index (κ1) is 91.1. The predicted octanol–water partition coefficient (Wildman–Crippen LogP) is 21.6. The summed E-state index contributed by atoms with van der Waals surface area (Å²) in [4.78, 5) is 72.7. The Morgan fingerprint density at radius 2 is 0.548 bits per heavy atom. The minimum absolute atomic E-state index is 0.105. The fourth-order valence-electron chi connectivity index (χ4n) is 11.3. The maximum Gasteiger partial charge on any atom is 0.472 e. The number of aliphatic hydroxyl groups excluding tert-OH is 1. The van der Waals surface area contributed by atoms with Crippen molar-refractivity contribution in [2.75, 3.05) is 39.6 Å². The minimum Gasteiger partial charge on any atom is -0.462 e. The van der Waals surface area contributed by atoms with Crippen LogP contribution in [0, 0.1) is 11.8 Å². The lowest BCUT2D eigenvalue weighted by Crippen LogP contribution is -2.30. The third kappa shape index (κ3) is 67.0. The van der Waals surface area contributed by atoms with Gasteiger partial charge in [0.25, 0.3) is 0 Å². The van der Waals surface area contributed by atoms with E-state index in [2.05, 4.69) is 41.5 Å². The van der Waals surface area contributed by atoms with E-state index in [1.165, 1.54) is 193 Å². The van der Waals surface area contributed by atoms with Gasteiger partial charge in [-0.05, 0) is 37.5 Å². The normalized spacial score (nSPS) is 14.3. The van der Waals surface area contributed by atoms with E-state index in [1.54, 1.807) is 0 Å². The van der Waals surface area contributed by atoms with E-state index in [1.807, 2.05) is 0 Å². The van der Waals surface area contributed by atoms with Gasteiger partial charge in [-0.25, -0.2) is 9.13 Å². The van der Waals surface area contributed by atoms with Crippen molar-refractivity contribution in [2.24, 2.45) is 11.8 Å². The first-order valence-electron chi connectivity index (χ1n) is 38.5. The smallest absolute Gasteiger partial charge is 0.462 e. The number of aliphatic hydroxyl groups is 1. The number of hydrogen-bond acceptors (Lipinski definition) is 15. The molecule has 0 aliphatic rings. The van der Waals surface area contributed by atoms with Gasteiger partial charge in [0.15, 0.2) is 12.2 Å². The molecule has 0 aliphatic carbocycles. The number of hydrogen-bond donors (Lipinski definition) is 3. The molecule has 0 aromatic heterocycles. The van der Waals surface area contributed by atoms with Crippen LogP contribution >= 0.6 is 15.6 Å². The van der Waals surface area contributed by atoms with Gasteiger partial charge in [-0.15, -0.1) is 0 Å². The highest BCUT2D eigenvalue weighted by Crippen LogP contribution is 2.45. The maximum absolute atomic E-state index is 13.1. The van der Waals surface area contributed by atoms with E-state index in [-0.39, 0.29) is 25.7 Å². The van der Waals surface area contributed by atoms with Crippen molar-refractivity contribution in [3.05, 3.63) is 0 Å². The molecule has 552 valence electrons. The number of esters is 4. The molecule has 0 amide bonds. The first-order chi connectivity index (χ1) is 44.9. The van der Waals surface area contributed by atoms with E-state index in [9.17, 15) is 43.2 Å². The number of ether oxygens (including phenoxy) is 4. The van der Waals surface area contributed by atoms with E-state index in [0.29, 0.717) is 25.7 Å². The minimum atomic E-state index is -4.96. The lowest BCUT2D eigenvalue weighted by molar-refractivity contribution is -0.161. The Morgan fingerprint density at radius 3 is 0.817 bits per heavy atom. The summed E-state index contributed by atoms with van der Waals surface area (Å²) in [6, 6.07) is 0. The number of carbonyl (C=O) groups excluding carboxylic acids is 4. The van der Waals surface area contributed by atoms with Crippen LogP contribution in [0.1, 0.15) is 382 Å². The van der Waals surface area contributed by atoms with Crippen LogP contribution in [-0.2, 0) is 65.4 Å². The van der Waals surface area contributed by atoms with Gasteiger partial charge in [-0.1, -0.05) is 330 Å². The van der Waals surface area contributed by atoms with Gasteiger partial charge in [-0.2, -0.15) is 0 Å². The summed E-state index contributed by atoms with van der Waals surface area (Å²) in [6.07, 6.45) is 52.7. The topological polar surface area (TPSA) is 237 Å². The third-order valence-electron chi connectivity index (χ3n) is 17.6. The predicted molar refractivity (Wildman–Crippen MR) is 377 cm³/mol. The summed E-state index contributed by atoms with van der Waals surface area (Å²) in [5.41, 5.74) is 0. The van der Waals surface area contributed by atoms with Gasteiger partial charge < -0.3 is 33.8 Å². The van der Waals surface area contributed by atoms with Crippen molar-refractivity contribution in [3.8, 4) is 0 Å². The highest BCUT2D eigenvalue weighted by atomic mass is 31.2.